The molecule has 1 saturated carbocycles. The first-order chi connectivity index (χ1) is 12.7. The summed E-state index contributed by atoms with van der Waals surface area (Å²) in [5.74, 6) is 0.755. The predicted octanol–water partition coefficient (Wildman–Crippen LogP) is 2.49. The summed E-state index contributed by atoms with van der Waals surface area (Å²) in [5.41, 5.74) is 1.49. The van der Waals surface area contributed by atoms with Crippen LogP contribution < -0.4 is 4.74 Å². The van der Waals surface area contributed by atoms with E-state index >= 15 is 0 Å². The van der Waals surface area contributed by atoms with Crippen molar-refractivity contribution < 1.29 is 19.4 Å². The molecule has 1 aliphatic carbocycles. The van der Waals surface area contributed by atoms with Crippen molar-refractivity contribution in [1.82, 2.24) is 4.90 Å². The molecule has 26 heavy (non-hydrogen) atoms. The third-order valence-electron chi connectivity index (χ3n) is 6.10. The van der Waals surface area contributed by atoms with E-state index in [1.807, 2.05) is 24.3 Å². The van der Waals surface area contributed by atoms with Gasteiger partial charge in [0.15, 0.2) is 5.78 Å². The molecule has 1 aromatic rings. The number of rotatable bonds is 4. The van der Waals surface area contributed by atoms with Crippen molar-refractivity contribution in [2.24, 2.45) is 11.8 Å². The zero-order chi connectivity index (χ0) is 18.1. The van der Waals surface area contributed by atoms with Crippen LogP contribution in [0.2, 0.25) is 0 Å². The van der Waals surface area contributed by atoms with Crippen LogP contribution in [0.3, 0.4) is 0 Å². The number of Topliss-reactive ketones (excluding diaryl/α,β-unsaturated/α-hetero) is 1. The van der Waals surface area contributed by atoms with Gasteiger partial charge in [0.2, 0.25) is 0 Å². The van der Waals surface area contributed by atoms with Gasteiger partial charge in [-0.2, -0.15) is 0 Å². The van der Waals surface area contributed by atoms with Crippen LogP contribution in [-0.2, 0) is 9.53 Å². The normalized spacial score (nSPS) is 31.9. The van der Waals surface area contributed by atoms with Gasteiger partial charge < -0.3 is 19.5 Å². The molecule has 4 atom stereocenters. The molecule has 0 amide bonds. The molecule has 4 rings (SSSR count). The molecule has 2 fully saturated rings. The number of hydrogen-bond donors (Lipinski definition) is 1. The highest BCUT2D eigenvalue weighted by Crippen LogP contribution is 2.40. The van der Waals surface area contributed by atoms with E-state index in [1.54, 1.807) is 13.4 Å². The minimum atomic E-state index is -0.388. The van der Waals surface area contributed by atoms with Crippen LogP contribution in [0.1, 0.15) is 31.2 Å². The predicted molar refractivity (Wildman–Crippen MR) is 98.7 cm³/mol. The van der Waals surface area contributed by atoms with Crippen molar-refractivity contribution in [3.05, 3.63) is 36.1 Å². The van der Waals surface area contributed by atoms with Crippen LogP contribution >= 0.6 is 0 Å². The molecule has 5 heteroatoms. The maximum absolute atomic E-state index is 13.1. The number of hydrogen-bond acceptors (Lipinski definition) is 5. The fourth-order valence-electron chi connectivity index (χ4n) is 4.60. The molecule has 2 heterocycles. The summed E-state index contributed by atoms with van der Waals surface area (Å²) in [6.45, 7) is 2.99. The second-order valence-electron chi connectivity index (χ2n) is 7.65. The molecule has 5 nitrogen and oxygen atoms in total. The maximum Gasteiger partial charge on any atom is 0.173 e. The molecule has 1 saturated heterocycles. The highest BCUT2D eigenvalue weighted by molar-refractivity contribution is 6.22. The lowest BCUT2D eigenvalue weighted by molar-refractivity contribution is -0.133. The summed E-state index contributed by atoms with van der Waals surface area (Å²) in [5, 5.41) is 10.5. The van der Waals surface area contributed by atoms with Gasteiger partial charge in [0.25, 0.3) is 0 Å². The van der Waals surface area contributed by atoms with E-state index < -0.39 is 0 Å². The fraction of sp³-hybridized carbons (Fsp3) is 0.571. The number of aliphatic hydroxyl groups excluding tert-OH is 1. The molecule has 4 unspecified atom stereocenters. The summed E-state index contributed by atoms with van der Waals surface area (Å²) in [6, 6.07) is 7.50. The van der Waals surface area contributed by atoms with Gasteiger partial charge in [-0.05, 0) is 56.5 Å². The lowest BCUT2D eigenvalue weighted by Gasteiger charge is -2.43. The van der Waals surface area contributed by atoms with E-state index in [0.717, 1.165) is 30.9 Å². The molecule has 0 radical (unpaired) electrons. The molecule has 0 aromatic heterocycles. The number of ketones is 1. The van der Waals surface area contributed by atoms with Crippen LogP contribution in [0.25, 0.3) is 5.57 Å². The minimum absolute atomic E-state index is 0.00414. The largest absolute Gasteiger partial charge is 0.497 e. The second-order valence-corrected chi connectivity index (χ2v) is 7.65. The smallest absolute Gasteiger partial charge is 0.173 e. The second kappa shape index (κ2) is 7.41. The molecule has 2 aliphatic heterocycles. The van der Waals surface area contributed by atoms with Gasteiger partial charge in [-0.25, -0.2) is 0 Å². The molecule has 140 valence electrons. The van der Waals surface area contributed by atoms with Crippen molar-refractivity contribution in [2.45, 2.75) is 37.9 Å². The number of benzene rings is 1. The number of nitrogens with zero attached hydrogens (tertiary/aromatic N) is 1. The summed E-state index contributed by atoms with van der Waals surface area (Å²) in [6.07, 6.45) is 4.81. The van der Waals surface area contributed by atoms with Crippen molar-refractivity contribution in [3.63, 3.8) is 0 Å². The van der Waals surface area contributed by atoms with Gasteiger partial charge in [0, 0.05) is 12.5 Å². The molecule has 0 bridgehead atoms. The summed E-state index contributed by atoms with van der Waals surface area (Å²) in [4.78, 5) is 15.5. The van der Waals surface area contributed by atoms with Gasteiger partial charge in [0.1, 0.15) is 11.9 Å². The van der Waals surface area contributed by atoms with Gasteiger partial charge in [0.05, 0.1) is 31.0 Å². The average molecular weight is 357 g/mol. The van der Waals surface area contributed by atoms with Crippen LogP contribution in [0.5, 0.6) is 5.75 Å². The zero-order valence-electron chi connectivity index (χ0n) is 15.3. The number of aliphatic hydroxyl groups is 1. The number of ether oxygens (including phenoxy) is 2. The first kappa shape index (κ1) is 17.6. The average Bonchev–Trinajstić information content (AvgIpc) is 3.18. The molecule has 3 aliphatic rings. The zero-order valence-corrected chi connectivity index (χ0v) is 15.3. The highest BCUT2D eigenvalue weighted by Gasteiger charge is 2.46. The maximum atomic E-state index is 13.1. The lowest BCUT2D eigenvalue weighted by atomic mass is 9.72. The Morgan fingerprint density at radius 3 is 2.62 bits per heavy atom. The first-order valence-corrected chi connectivity index (χ1v) is 9.62. The molecule has 1 aromatic carbocycles. The number of carbonyl (C=O) groups excluding carboxylic acids is 1. The summed E-state index contributed by atoms with van der Waals surface area (Å²) >= 11 is 0. The Labute approximate surface area is 154 Å². The molecule has 0 spiro atoms. The van der Waals surface area contributed by atoms with Gasteiger partial charge in [-0.3, -0.25) is 4.79 Å². The molecular formula is C21H27NO4. The highest BCUT2D eigenvalue weighted by atomic mass is 16.5. The van der Waals surface area contributed by atoms with Crippen molar-refractivity contribution in [2.75, 3.05) is 26.7 Å². The van der Waals surface area contributed by atoms with E-state index in [1.165, 1.54) is 12.8 Å². The number of fused-ring (bicyclic) bond motifs is 1. The van der Waals surface area contributed by atoms with Crippen LogP contribution in [0.15, 0.2) is 30.5 Å². The Kier molecular flexibility index (Phi) is 5.00. The van der Waals surface area contributed by atoms with Gasteiger partial charge in [-0.1, -0.05) is 12.1 Å². The van der Waals surface area contributed by atoms with E-state index in [4.69, 9.17) is 9.47 Å². The van der Waals surface area contributed by atoms with Crippen molar-refractivity contribution in [3.8, 4) is 5.75 Å². The minimum Gasteiger partial charge on any atom is -0.497 e. The first-order valence-electron chi connectivity index (χ1n) is 9.62. The van der Waals surface area contributed by atoms with Crippen LogP contribution in [0, 0.1) is 11.8 Å². The Bertz CT molecular complexity index is 678. The molecular weight excluding hydrogens is 330 g/mol. The van der Waals surface area contributed by atoms with Gasteiger partial charge >= 0.3 is 0 Å². The third kappa shape index (κ3) is 3.26. The standard InChI is InChI=1S/C21H27NO4/c1-25-15-6-4-14(5-7-15)18-13-26-21-16(20(18)24)8-9-19(23)17(21)12-22-10-2-3-11-22/h4-7,13,16-17,19,21,23H,2-3,8-12H2,1H3. The number of methoxy groups -OCH3 is 1. The number of allylic oxidation sites excluding steroid dienone is 1. The fourth-order valence-corrected chi connectivity index (χ4v) is 4.60. The lowest BCUT2D eigenvalue weighted by Crippen LogP contribution is -2.51. The summed E-state index contributed by atoms with van der Waals surface area (Å²) in [7, 11) is 1.63. The van der Waals surface area contributed by atoms with Crippen molar-refractivity contribution in [1.29, 1.82) is 0 Å². The van der Waals surface area contributed by atoms with E-state index in [0.29, 0.717) is 18.4 Å². The molecule has 1 N–H and O–H groups in total. The van der Waals surface area contributed by atoms with Gasteiger partial charge in [-0.15, -0.1) is 0 Å². The Morgan fingerprint density at radius 2 is 1.92 bits per heavy atom. The Hall–Kier alpha value is -1.85. The number of likely N-dealkylation sites (tertiary alicyclic amines) is 1. The van der Waals surface area contributed by atoms with Crippen molar-refractivity contribution >= 4 is 11.4 Å². The summed E-state index contributed by atoms with van der Waals surface area (Å²) < 4.78 is 11.3. The van der Waals surface area contributed by atoms with E-state index in [9.17, 15) is 9.90 Å². The van der Waals surface area contributed by atoms with Crippen LogP contribution in [0.4, 0.5) is 0 Å². The Morgan fingerprint density at radius 1 is 1.19 bits per heavy atom. The number of carbonyl (C=O) groups is 1. The monoisotopic (exact) mass is 357 g/mol. The quantitative estimate of drug-likeness (QED) is 0.897. The third-order valence-corrected chi connectivity index (χ3v) is 6.10. The Balaban J connectivity index is 1.54. The van der Waals surface area contributed by atoms with E-state index in [2.05, 4.69) is 4.90 Å². The van der Waals surface area contributed by atoms with E-state index in [-0.39, 0.29) is 29.8 Å². The van der Waals surface area contributed by atoms with Crippen LogP contribution in [-0.4, -0.2) is 54.7 Å². The topological polar surface area (TPSA) is 59.0 Å². The SMILES string of the molecule is COc1ccc(C2=COC3C(CCC(O)C3CN3CCCC3)C2=O)cc1.